The van der Waals surface area contributed by atoms with Crippen LogP contribution in [0.2, 0.25) is 0 Å². The van der Waals surface area contributed by atoms with Crippen molar-refractivity contribution in [2.45, 2.75) is 56.4 Å². The lowest BCUT2D eigenvalue weighted by atomic mass is 9.78. The molecule has 1 aromatic rings. The maximum atomic E-state index is 12.4. The van der Waals surface area contributed by atoms with Crippen molar-refractivity contribution in [3.05, 3.63) is 35.9 Å². The molecule has 2 unspecified atom stereocenters. The Morgan fingerprint density at radius 1 is 1.18 bits per heavy atom. The lowest BCUT2D eigenvalue weighted by Gasteiger charge is -2.30. The van der Waals surface area contributed by atoms with Crippen molar-refractivity contribution in [1.29, 1.82) is 0 Å². The molecule has 122 valence electrons. The molecule has 2 fully saturated rings. The highest BCUT2D eigenvalue weighted by molar-refractivity contribution is 5.85. The van der Waals surface area contributed by atoms with Crippen molar-refractivity contribution in [3.63, 3.8) is 0 Å². The highest BCUT2D eigenvalue weighted by atomic mass is 35.5. The molecule has 2 saturated carbocycles. The first-order valence-corrected chi connectivity index (χ1v) is 8.28. The largest absolute Gasteiger partial charge is 0.355 e. The summed E-state index contributed by atoms with van der Waals surface area (Å²) in [6.07, 6.45) is 7.68. The Balaban J connectivity index is 0.00000176. The minimum atomic E-state index is 0. The molecule has 0 heterocycles. The summed E-state index contributed by atoms with van der Waals surface area (Å²) in [6.45, 7) is 0.779. The third-order valence-corrected chi connectivity index (χ3v) is 5.39. The fourth-order valence-corrected chi connectivity index (χ4v) is 4.07. The zero-order valence-corrected chi connectivity index (χ0v) is 13.9. The van der Waals surface area contributed by atoms with Crippen LogP contribution in [-0.4, -0.2) is 18.5 Å². The Bertz CT molecular complexity index is 485. The van der Waals surface area contributed by atoms with Gasteiger partial charge in [-0.2, -0.15) is 0 Å². The summed E-state index contributed by atoms with van der Waals surface area (Å²) in [5.74, 6) is 0.347. The molecular formula is C18H27ClN2O. The van der Waals surface area contributed by atoms with Crippen LogP contribution in [0.25, 0.3) is 0 Å². The maximum Gasteiger partial charge on any atom is 0.223 e. The van der Waals surface area contributed by atoms with Gasteiger partial charge in [0.05, 0.1) is 0 Å². The lowest BCUT2D eigenvalue weighted by Crippen LogP contribution is -2.41. The van der Waals surface area contributed by atoms with Crippen molar-refractivity contribution < 1.29 is 4.79 Å². The average molecular weight is 323 g/mol. The summed E-state index contributed by atoms with van der Waals surface area (Å²) >= 11 is 0. The van der Waals surface area contributed by atoms with Crippen LogP contribution in [0.4, 0.5) is 0 Å². The Labute approximate surface area is 139 Å². The van der Waals surface area contributed by atoms with Gasteiger partial charge >= 0.3 is 0 Å². The van der Waals surface area contributed by atoms with Crippen LogP contribution in [0.5, 0.6) is 0 Å². The van der Waals surface area contributed by atoms with Gasteiger partial charge in [-0.15, -0.1) is 12.4 Å². The predicted octanol–water partition coefficient (Wildman–Crippen LogP) is 3.16. The van der Waals surface area contributed by atoms with E-state index in [0.717, 1.165) is 25.8 Å². The molecule has 2 aliphatic carbocycles. The van der Waals surface area contributed by atoms with Crippen molar-refractivity contribution in [2.75, 3.05) is 6.54 Å². The molecule has 1 aromatic carbocycles. The van der Waals surface area contributed by atoms with E-state index < -0.39 is 0 Å². The van der Waals surface area contributed by atoms with E-state index in [-0.39, 0.29) is 35.7 Å². The van der Waals surface area contributed by atoms with Gasteiger partial charge in [0.15, 0.2) is 0 Å². The number of rotatable bonds is 4. The van der Waals surface area contributed by atoms with E-state index >= 15 is 0 Å². The van der Waals surface area contributed by atoms with Crippen molar-refractivity contribution in [1.82, 2.24) is 5.32 Å². The van der Waals surface area contributed by atoms with Gasteiger partial charge in [-0.05, 0) is 37.7 Å². The Morgan fingerprint density at radius 2 is 1.86 bits per heavy atom. The van der Waals surface area contributed by atoms with E-state index in [1.165, 1.54) is 31.2 Å². The third-order valence-electron chi connectivity index (χ3n) is 5.39. The van der Waals surface area contributed by atoms with Gasteiger partial charge < -0.3 is 11.1 Å². The first kappa shape index (κ1) is 17.3. The standard InChI is InChI=1S/C18H26N2O.ClH/c19-16-9-8-14(12-16)17(21)20-13-18(10-4-5-11-18)15-6-2-1-3-7-15;/h1-3,6-7,14,16H,4-5,8-13,19H2,(H,20,21);1H. The fourth-order valence-electron chi connectivity index (χ4n) is 4.07. The van der Waals surface area contributed by atoms with Crippen LogP contribution in [-0.2, 0) is 10.2 Å². The zero-order valence-electron chi connectivity index (χ0n) is 13.1. The second-order valence-corrected chi connectivity index (χ2v) is 6.84. The molecule has 0 spiro atoms. The first-order valence-electron chi connectivity index (χ1n) is 8.28. The molecule has 0 bridgehead atoms. The van der Waals surface area contributed by atoms with Crippen LogP contribution < -0.4 is 11.1 Å². The van der Waals surface area contributed by atoms with Gasteiger partial charge in [-0.25, -0.2) is 0 Å². The highest BCUT2D eigenvalue weighted by Gasteiger charge is 2.37. The normalized spacial score (nSPS) is 26.4. The molecule has 0 aliphatic heterocycles. The van der Waals surface area contributed by atoms with E-state index in [1.807, 2.05) is 0 Å². The molecule has 2 aliphatic rings. The molecule has 1 amide bonds. The van der Waals surface area contributed by atoms with Crippen molar-refractivity contribution in [3.8, 4) is 0 Å². The predicted molar refractivity (Wildman–Crippen MR) is 92.2 cm³/mol. The van der Waals surface area contributed by atoms with E-state index in [1.54, 1.807) is 0 Å². The van der Waals surface area contributed by atoms with E-state index in [0.29, 0.717) is 0 Å². The molecule has 0 saturated heterocycles. The van der Waals surface area contributed by atoms with Crippen LogP contribution in [0.15, 0.2) is 30.3 Å². The number of hydrogen-bond acceptors (Lipinski definition) is 2. The molecule has 2 atom stereocenters. The quantitative estimate of drug-likeness (QED) is 0.894. The number of nitrogens with two attached hydrogens (primary N) is 1. The van der Waals surface area contributed by atoms with Crippen LogP contribution in [0.1, 0.15) is 50.5 Å². The minimum absolute atomic E-state index is 0. The Morgan fingerprint density at radius 3 is 2.45 bits per heavy atom. The average Bonchev–Trinajstić information content (AvgIpc) is 3.16. The van der Waals surface area contributed by atoms with Crippen molar-refractivity contribution in [2.24, 2.45) is 11.7 Å². The Kier molecular flexibility index (Phi) is 5.87. The van der Waals surface area contributed by atoms with Crippen molar-refractivity contribution >= 4 is 18.3 Å². The molecule has 0 radical (unpaired) electrons. The molecule has 4 heteroatoms. The fraction of sp³-hybridized carbons (Fsp3) is 0.611. The number of benzene rings is 1. The number of nitrogens with one attached hydrogen (secondary N) is 1. The minimum Gasteiger partial charge on any atom is -0.355 e. The van der Waals surface area contributed by atoms with E-state index in [2.05, 4.69) is 35.6 Å². The lowest BCUT2D eigenvalue weighted by molar-refractivity contribution is -0.125. The van der Waals surface area contributed by atoms with Gasteiger partial charge in [-0.3, -0.25) is 4.79 Å². The van der Waals surface area contributed by atoms with Gasteiger partial charge in [0.2, 0.25) is 5.91 Å². The summed E-state index contributed by atoms with van der Waals surface area (Å²) in [6, 6.07) is 10.9. The van der Waals surface area contributed by atoms with Gasteiger partial charge in [-0.1, -0.05) is 43.2 Å². The number of carbonyl (C=O) groups excluding carboxylic acids is 1. The molecule has 22 heavy (non-hydrogen) atoms. The summed E-state index contributed by atoms with van der Waals surface area (Å²) in [5, 5.41) is 3.23. The van der Waals surface area contributed by atoms with Crippen LogP contribution >= 0.6 is 12.4 Å². The summed E-state index contributed by atoms with van der Waals surface area (Å²) in [4.78, 5) is 12.4. The highest BCUT2D eigenvalue weighted by Crippen LogP contribution is 2.40. The number of carbonyl (C=O) groups is 1. The molecule has 3 rings (SSSR count). The maximum absolute atomic E-state index is 12.4. The third kappa shape index (κ3) is 3.64. The SMILES string of the molecule is Cl.NC1CCC(C(=O)NCC2(c3ccccc3)CCCC2)C1. The molecule has 3 N–H and O–H groups in total. The number of hydrogen-bond donors (Lipinski definition) is 2. The topological polar surface area (TPSA) is 55.1 Å². The van der Waals surface area contributed by atoms with Crippen LogP contribution in [0, 0.1) is 5.92 Å². The molecule has 3 nitrogen and oxygen atoms in total. The summed E-state index contributed by atoms with van der Waals surface area (Å²) in [7, 11) is 0. The Hall–Kier alpha value is -1.06. The molecule has 0 aromatic heterocycles. The monoisotopic (exact) mass is 322 g/mol. The smallest absolute Gasteiger partial charge is 0.223 e. The van der Waals surface area contributed by atoms with Gasteiger partial charge in [0.25, 0.3) is 0 Å². The number of amides is 1. The first-order chi connectivity index (χ1) is 10.2. The van der Waals surface area contributed by atoms with E-state index in [4.69, 9.17) is 5.73 Å². The molecular weight excluding hydrogens is 296 g/mol. The van der Waals surface area contributed by atoms with Gasteiger partial charge in [0, 0.05) is 23.9 Å². The van der Waals surface area contributed by atoms with Gasteiger partial charge in [0.1, 0.15) is 0 Å². The summed E-state index contributed by atoms with van der Waals surface area (Å²) in [5.41, 5.74) is 7.45. The zero-order chi connectivity index (χ0) is 14.7. The second-order valence-electron chi connectivity index (χ2n) is 6.84. The van der Waals surface area contributed by atoms with Crippen LogP contribution in [0.3, 0.4) is 0 Å². The van der Waals surface area contributed by atoms with E-state index in [9.17, 15) is 4.79 Å². The second kappa shape index (κ2) is 7.47. The summed E-state index contributed by atoms with van der Waals surface area (Å²) < 4.78 is 0. The number of halogens is 1.